The van der Waals surface area contributed by atoms with E-state index in [2.05, 4.69) is 19.2 Å². The molecule has 1 fully saturated rings. The maximum atomic E-state index is 13.5. The molecule has 0 aromatic rings. The van der Waals surface area contributed by atoms with Gasteiger partial charge in [-0.25, -0.2) is 0 Å². The van der Waals surface area contributed by atoms with Gasteiger partial charge in [0.2, 0.25) is 11.8 Å². The van der Waals surface area contributed by atoms with Gasteiger partial charge in [-0.3, -0.25) is 9.59 Å². The van der Waals surface area contributed by atoms with Gasteiger partial charge in [0.25, 0.3) is 0 Å². The van der Waals surface area contributed by atoms with E-state index < -0.39 is 30.6 Å². The molecule has 1 saturated heterocycles. The number of aliphatic hydroxyl groups is 2. The first-order valence-electron chi connectivity index (χ1n) is 16.7. The van der Waals surface area contributed by atoms with Gasteiger partial charge in [-0.05, 0) is 12.8 Å². The van der Waals surface area contributed by atoms with E-state index in [9.17, 15) is 19.8 Å². The Morgan fingerprint density at radius 2 is 1.18 bits per heavy atom. The van der Waals surface area contributed by atoms with Crippen molar-refractivity contribution in [2.75, 3.05) is 13.1 Å². The second kappa shape index (κ2) is 23.4. The lowest BCUT2D eigenvalue weighted by molar-refractivity contribution is -0.222. The molecule has 236 valence electrons. The second-order valence-electron chi connectivity index (χ2n) is 11.9. The summed E-state index contributed by atoms with van der Waals surface area (Å²) in [4.78, 5) is 27.2. The average Bonchev–Trinajstić information content (AvgIpc) is 2.93. The molecule has 1 aliphatic rings. The van der Waals surface area contributed by atoms with Crippen LogP contribution >= 0.6 is 0 Å². The molecule has 40 heavy (non-hydrogen) atoms. The van der Waals surface area contributed by atoms with Gasteiger partial charge in [-0.15, -0.1) is 0 Å². The second-order valence-corrected chi connectivity index (χ2v) is 11.9. The van der Waals surface area contributed by atoms with Crippen LogP contribution in [0.4, 0.5) is 0 Å². The number of nitrogens with two attached hydrogens (primary N) is 1. The Morgan fingerprint density at radius 3 is 1.62 bits per heavy atom. The molecule has 1 rings (SSSR count). The van der Waals surface area contributed by atoms with Crippen LogP contribution in [0.5, 0.6) is 0 Å². The normalized spacial score (nSPS) is 22.8. The van der Waals surface area contributed by atoms with Crippen molar-refractivity contribution in [1.29, 1.82) is 0 Å². The van der Waals surface area contributed by atoms with E-state index in [0.717, 1.165) is 38.5 Å². The fourth-order valence-corrected chi connectivity index (χ4v) is 5.69. The first-order valence-corrected chi connectivity index (χ1v) is 16.7. The van der Waals surface area contributed by atoms with Gasteiger partial charge < -0.3 is 30.9 Å². The lowest BCUT2D eigenvalue weighted by atomic mass is 9.94. The minimum absolute atomic E-state index is 0.0139. The van der Waals surface area contributed by atoms with E-state index >= 15 is 0 Å². The van der Waals surface area contributed by atoms with Crippen molar-refractivity contribution in [1.82, 2.24) is 10.2 Å². The van der Waals surface area contributed by atoms with Gasteiger partial charge in [-0.1, -0.05) is 123 Å². The van der Waals surface area contributed by atoms with Gasteiger partial charge in [-0.2, -0.15) is 0 Å². The number of hydrogen-bond donors (Lipinski definition) is 4. The number of unbranched alkanes of at least 4 members (excludes halogenated alkanes) is 17. The molecule has 0 aromatic heterocycles. The highest BCUT2D eigenvalue weighted by atomic mass is 16.5. The largest absolute Gasteiger partial charge is 0.388 e. The van der Waals surface area contributed by atoms with Crippen LogP contribution in [0.1, 0.15) is 149 Å². The van der Waals surface area contributed by atoms with Crippen LogP contribution in [0, 0.1) is 0 Å². The molecular weight excluding hydrogens is 506 g/mol. The predicted molar refractivity (Wildman–Crippen MR) is 163 cm³/mol. The Kier molecular flexibility index (Phi) is 21.5. The van der Waals surface area contributed by atoms with Crippen molar-refractivity contribution in [2.45, 2.75) is 180 Å². The third-order valence-electron chi connectivity index (χ3n) is 8.20. The summed E-state index contributed by atoms with van der Waals surface area (Å²) < 4.78 is 6.10. The third kappa shape index (κ3) is 15.1. The summed E-state index contributed by atoms with van der Waals surface area (Å²) >= 11 is 0. The summed E-state index contributed by atoms with van der Waals surface area (Å²) in [5.41, 5.74) is 5.83. The molecule has 1 aliphatic heterocycles. The summed E-state index contributed by atoms with van der Waals surface area (Å²) in [7, 11) is 0. The van der Waals surface area contributed by atoms with E-state index in [1.807, 2.05) is 0 Å². The van der Waals surface area contributed by atoms with Crippen molar-refractivity contribution < 1.29 is 24.5 Å². The van der Waals surface area contributed by atoms with E-state index in [1.54, 1.807) is 4.90 Å². The van der Waals surface area contributed by atoms with Gasteiger partial charge in [0.1, 0.15) is 24.4 Å². The predicted octanol–water partition coefficient (Wildman–Crippen LogP) is 5.57. The summed E-state index contributed by atoms with van der Waals surface area (Å²) in [6.07, 6.45) is 18.8. The van der Waals surface area contributed by atoms with Crippen molar-refractivity contribution in [3.05, 3.63) is 0 Å². The van der Waals surface area contributed by atoms with Crippen LogP contribution in [0.25, 0.3) is 0 Å². The Labute approximate surface area is 245 Å². The van der Waals surface area contributed by atoms with Crippen molar-refractivity contribution in [3.8, 4) is 0 Å². The van der Waals surface area contributed by atoms with Crippen LogP contribution in [0.15, 0.2) is 0 Å². The average molecular weight is 570 g/mol. The highest BCUT2D eigenvalue weighted by molar-refractivity contribution is 5.77. The highest BCUT2D eigenvalue weighted by Crippen LogP contribution is 2.25. The zero-order valence-electron chi connectivity index (χ0n) is 26.1. The molecule has 1 heterocycles. The number of nitrogens with one attached hydrogen (secondary N) is 1. The smallest absolute Gasteiger partial charge is 0.224 e. The number of aliphatic hydroxyl groups excluding tert-OH is 2. The summed E-state index contributed by atoms with van der Waals surface area (Å²) in [6.45, 7) is 6.34. The third-order valence-corrected chi connectivity index (χ3v) is 8.20. The monoisotopic (exact) mass is 569 g/mol. The fourth-order valence-electron chi connectivity index (χ4n) is 5.69. The lowest BCUT2D eigenvalue weighted by Crippen LogP contribution is -2.69. The van der Waals surface area contributed by atoms with Crippen LogP contribution in [-0.4, -0.2) is 70.6 Å². The van der Waals surface area contributed by atoms with E-state index in [-0.39, 0.29) is 18.4 Å². The van der Waals surface area contributed by atoms with E-state index in [0.29, 0.717) is 13.0 Å². The molecule has 0 aromatic carbocycles. The van der Waals surface area contributed by atoms with Crippen LogP contribution < -0.4 is 11.1 Å². The Balaban J connectivity index is 2.69. The number of carbonyl (C=O) groups excluding carboxylic acids is 2. The lowest BCUT2D eigenvalue weighted by Gasteiger charge is -2.47. The zero-order chi connectivity index (χ0) is 29.6. The van der Waals surface area contributed by atoms with Crippen molar-refractivity contribution in [2.24, 2.45) is 5.73 Å². The highest BCUT2D eigenvalue weighted by Gasteiger charge is 2.47. The van der Waals surface area contributed by atoms with Crippen LogP contribution in [0.3, 0.4) is 0 Å². The molecule has 0 spiro atoms. The van der Waals surface area contributed by atoms with E-state index in [1.165, 1.54) is 90.4 Å². The van der Waals surface area contributed by atoms with Crippen molar-refractivity contribution in [3.63, 3.8) is 0 Å². The molecule has 0 saturated carbocycles. The first-order chi connectivity index (χ1) is 19.4. The number of rotatable bonds is 24. The molecule has 0 bridgehead atoms. The minimum atomic E-state index is -1.27. The molecule has 2 amide bonds. The number of amides is 2. The molecular formula is C32H63N3O5. The van der Waals surface area contributed by atoms with Crippen LogP contribution in [0.2, 0.25) is 0 Å². The van der Waals surface area contributed by atoms with Gasteiger partial charge in [0.05, 0.1) is 0 Å². The molecule has 0 aliphatic carbocycles. The fraction of sp³-hybridized carbons (Fsp3) is 0.938. The molecule has 0 unspecified atom stereocenters. The van der Waals surface area contributed by atoms with E-state index in [4.69, 9.17) is 10.5 Å². The quantitative estimate of drug-likeness (QED) is 0.113. The van der Waals surface area contributed by atoms with Crippen LogP contribution in [-0.2, 0) is 14.3 Å². The maximum absolute atomic E-state index is 13.5. The molecule has 5 N–H and O–H groups in total. The van der Waals surface area contributed by atoms with Crippen molar-refractivity contribution >= 4 is 11.8 Å². The maximum Gasteiger partial charge on any atom is 0.224 e. The van der Waals surface area contributed by atoms with Gasteiger partial charge in [0.15, 0.2) is 6.23 Å². The molecule has 0 radical (unpaired) electrons. The molecule has 8 heteroatoms. The summed E-state index contributed by atoms with van der Waals surface area (Å²) in [6, 6.07) is -0.912. The number of hydrogen-bond acceptors (Lipinski definition) is 6. The minimum Gasteiger partial charge on any atom is -0.388 e. The number of nitrogens with zero attached hydrogens (tertiary/aromatic N) is 1. The van der Waals surface area contributed by atoms with Gasteiger partial charge in [0, 0.05) is 26.4 Å². The number of carbonyl (C=O) groups is 2. The number of ether oxygens (including phenoxy) is 1. The molecule has 8 nitrogen and oxygen atoms in total. The Morgan fingerprint density at radius 1 is 0.725 bits per heavy atom. The summed E-state index contributed by atoms with van der Waals surface area (Å²) in [5, 5.41) is 24.1. The summed E-state index contributed by atoms with van der Waals surface area (Å²) in [5.74, 6) is -0.375. The first kappa shape index (κ1) is 36.8. The topological polar surface area (TPSA) is 125 Å². The Bertz CT molecular complexity index is 650. The van der Waals surface area contributed by atoms with Gasteiger partial charge >= 0.3 is 0 Å². The standard InChI is InChI=1S/C32H63N3O5/c1-4-6-8-10-12-14-16-18-20-22-24-35(28(37)23-21-19-17-15-13-11-9-7-5-2)32-29(34-26(3)36)31(39)30(38)27(25-33)40-32/h27,29-32,38-39H,4-25,33H2,1-3H3,(H,34,36)/t27-,29-,30-,31-,32-/m1/s1. The zero-order valence-corrected chi connectivity index (χ0v) is 26.1. The Hall–Kier alpha value is -1.22. The SMILES string of the molecule is CCCCCCCCCCCCN(C(=O)CCCCCCCCCCC)[C@@H]1O[C@H](CN)[C@@H](O)[C@H](O)[C@H]1NC(C)=O. The molecule has 5 atom stereocenters.